The average Bonchev–Trinajstić information content (AvgIpc) is 2.93. The molecule has 0 amide bonds. The summed E-state index contributed by atoms with van der Waals surface area (Å²) in [6.07, 6.45) is 1.80. The van der Waals surface area contributed by atoms with Gasteiger partial charge in [0.1, 0.15) is 16.5 Å². The number of H-pyrrole nitrogens is 1. The molecule has 2 aromatic carbocycles. The van der Waals surface area contributed by atoms with Crippen LogP contribution in [0.5, 0.6) is 0 Å². The highest BCUT2D eigenvalue weighted by Crippen LogP contribution is 2.21. The van der Waals surface area contributed by atoms with E-state index in [0.717, 1.165) is 0 Å². The first-order valence-corrected chi connectivity index (χ1v) is 8.66. The zero-order chi connectivity index (χ0) is 18.2. The van der Waals surface area contributed by atoms with Crippen LogP contribution in [-0.4, -0.2) is 19.9 Å². The molecule has 0 saturated carbocycles. The van der Waals surface area contributed by atoms with Gasteiger partial charge in [0.05, 0.1) is 0 Å². The number of aromatic nitrogens is 1. The van der Waals surface area contributed by atoms with Gasteiger partial charge in [-0.05, 0) is 36.2 Å². The molecule has 0 radical (unpaired) electrons. The lowest BCUT2D eigenvalue weighted by atomic mass is 10.1. The molecule has 3 rings (SSSR count). The molecule has 2 N–H and O–H groups in total. The zero-order valence-electron chi connectivity index (χ0n) is 12.6. The highest BCUT2D eigenvalue weighted by atomic mass is 32.2. The van der Waals surface area contributed by atoms with Gasteiger partial charge in [-0.25, -0.2) is 30.7 Å². The smallest absolute Gasteiger partial charge is 0.243 e. The third kappa shape index (κ3) is 3.52. The van der Waals surface area contributed by atoms with Gasteiger partial charge in [0, 0.05) is 29.7 Å². The summed E-state index contributed by atoms with van der Waals surface area (Å²) in [5, 5.41) is 0.596. The van der Waals surface area contributed by atoms with E-state index in [1.807, 2.05) is 0 Å². The van der Waals surface area contributed by atoms with Gasteiger partial charge in [0.25, 0.3) is 0 Å². The molecule has 0 aliphatic heterocycles. The lowest BCUT2D eigenvalue weighted by Gasteiger charge is -2.08. The predicted octanol–water partition coefficient (Wildman–Crippen LogP) is 3.25. The number of nitrogens with one attached hydrogen (secondary N) is 2. The molecule has 0 fully saturated rings. The van der Waals surface area contributed by atoms with E-state index in [9.17, 15) is 26.0 Å². The fraction of sp³-hybridized carbons (Fsp3) is 0.125. The SMILES string of the molecule is O=S(=O)(NCCc1c[nH]c2ccc(F)cc12)c1cc(F)c(F)cc1F. The quantitative estimate of drug-likeness (QED) is 0.534. The maximum absolute atomic E-state index is 13.6. The van der Waals surface area contributed by atoms with E-state index in [0.29, 0.717) is 16.5 Å². The molecule has 0 atom stereocenters. The summed E-state index contributed by atoms with van der Waals surface area (Å²) in [7, 11) is -4.36. The fourth-order valence-electron chi connectivity index (χ4n) is 2.47. The number of hydrogen-bond donors (Lipinski definition) is 2. The van der Waals surface area contributed by atoms with Gasteiger partial charge in [-0.15, -0.1) is 0 Å². The molecule has 1 heterocycles. The van der Waals surface area contributed by atoms with Crippen LogP contribution in [0.15, 0.2) is 41.4 Å². The Labute approximate surface area is 140 Å². The third-order valence-corrected chi connectivity index (χ3v) is 5.16. The van der Waals surface area contributed by atoms with Gasteiger partial charge < -0.3 is 4.98 Å². The number of halogens is 4. The van der Waals surface area contributed by atoms with Crippen molar-refractivity contribution in [2.45, 2.75) is 11.3 Å². The zero-order valence-corrected chi connectivity index (χ0v) is 13.4. The van der Waals surface area contributed by atoms with Crippen LogP contribution in [0.25, 0.3) is 10.9 Å². The standard InChI is InChI=1S/C16H12F4N2O2S/c17-10-1-2-15-11(5-10)9(8-21-15)3-4-22-25(23,24)16-7-13(19)12(18)6-14(16)20/h1-2,5-8,21-22H,3-4H2. The lowest BCUT2D eigenvalue weighted by molar-refractivity contribution is 0.481. The van der Waals surface area contributed by atoms with Crippen LogP contribution in [0.3, 0.4) is 0 Å². The molecule has 25 heavy (non-hydrogen) atoms. The molecule has 3 aromatic rings. The molecular formula is C16H12F4N2O2S. The number of sulfonamides is 1. The molecule has 0 unspecified atom stereocenters. The van der Waals surface area contributed by atoms with Crippen LogP contribution < -0.4 is 4.72 Å². The summed E-state index contributed by atoms with van der Waals surface area (Å²) in [5.74, 6) is -4.76. The van der Waals surface area contributed by atoms with Crippen LogP contribution in [0.4, 0.5) is 17.6 Å². The summed E-state index contributed by atoms with van der Waals surface area (Å²) in [6, 6.07) is 4.61. The molecule has 132 valence electrons. The third-order valence-electron chi connectivity index (χ3n) is 3.68. The van der Waals surface area contributed by atoms with Crippen molar-refractivity contribution >= 4 is 20.9 Å². The summed E-state index contributed by atoms with van der Waals surface area (Å²) in [5.41, 5.74) is 1.34. The van der Waals surface area contributed by atoms with Gasteiger partial charge >= 0.3 is 0 Å². The minimum absolute atomic E-state index is 0.135. The largest absolute Gasteiger partial charge is 0.361 e. The number of hydrogen-bond acceptors (Lipinski definition) is 2. The van der Waals surface area contributed by atoms with E-state index in [4.69, 9.17) is 0 Å². The van der Waals surface area contributed by atoms with Crippen LogP contribution in [0.2, 0.25) is 0 Å². The van der Waals surface area contributed by atoms with Crippen molar-refractivity contribution < 1.29 is 26.0 Å². The summed E-state index contributed by atoms with van der Waals surface area (Å²) in [4.78, 5) is 1.95. The van der Waals surface area contributed by atoms with Crippen LogP contribution in [0.1, 0.15) is 5.56 Å². The molecule has 9 heteroatoms. The van der Waals surface area contributed by atoms with Crippen LogP contribution >= 0.6 is 0 Å². The first-order valence-electron chi connectivity index (χ1n) is 7.17. The monoisotopic (exact) mass is 372 g/mol. The Morgan fingerprint density at radius 3 is 2.44 bits per heavy atom. The minimum Gasteiger partial charge on any atom is -0.361 e. The normalized spacial score (nSPS) is 12.0. The van der Waals surface area contributed by atoms with Gasteiger partial charge in [-0.2, -0.15) is 0 Å². The van der Waals surface area contributed by atoms with Crippen molar-refractivity contribution in [2.75, 3.05) is 6.54 Å². The number of benzene rings is 2. The van der Waals surface area contributed by atoms with Crippen molar-refractivity contribution in [2.24, 2.45) is 0 Å². The topological polar surface area (TPSA) is 62.0 Å². The summed E-state index contributed by atoms with van der Waals surface area (Å²) in [6.45, 7) is -0.135. The highest BCUT2D eigenvalue weighted by molar-refractivity contribution is 7.89. The van der Waals surface area contributed by atoms with E-state index < -0.39 is 38.2 Å². The second kappa shape index (κ2) is 6.49. The van der Waals surface area contributed by atoms with Crippen LogP contribution in [0, 0.1) is 23.3 Å². The second-order valence-corrected chi connectivity index (χ2v) is 7.08. The molecule has 0 aliphatic rings. The van der Waals surface area contributed by atoms with Crippen molar-refractivity contribution in [3.05, 3.63) is 65.4 Å². The Morgan fingerprint density at radius 2 is 1.68 bits per heavy atom. The van der Waals surface area contributed by atoms with Crippen molar-refractivity contribution in [1.82, 2.24) is 9.71 Å². The molecule has 0 spiro atoms. The summed E-state index contributed by atoms with van der Waals surface area (Å²) >= 11 is 0. The highest BCUT2D eigenvalue weighted by Gasteiger charge is 2.22. The molecular weight excluding hydrogens is 360 g/mol. The van der Waals surface area contributed by atoms with E-state index in [1.165, 1.54) is 12.1 Å². The fourth-order valence-corrected chi connectivity index (χ4v) is 3.57. The maximum atomic E-state index is 13.6. The lowest BCUT2D eigenvalue weighted by Crippen LogP contribution is -2.27. The van der Waals surface area contributed by atoms with E-state index in [1.54, 1.807) is 12.3 Å². The Bertz CT molecular complexity index is 1050. The molecule has 0 aliphatic carbocycles. The summed E-state index contributed by atoms with van der Waals surface area (Å²) < 4.78 is 79.2. The molecule has 0 bridgehead atoms. The number of aromatic amines is 1. The molecule has 4 nitrogen and oxygen atoms in total. The Hall–Kier alpha value is -2.39. The van der Waals surface area contributed by atoms with Crippen molar-refractivity contribution in [3.8, 4) is 0 Å². The first kappa shape index (κ1) is 17.4. The van der Waals surface area contributed by atoms with Crippen LogP contribution in [-0.2, 0) is 16.4 Å². The van der Waals surface area contributed by atoms with E-state index in [-0.39, 0.29) is 25.1 Å². The average molecular weight is 372 g/mol. The molecule has 1 aromatic heterocycles. The first-order chi connectivity index (χ1) is 11.8. The van der Waals surface area contributed by atoms with Crippen molar-refractivity contribution in [3.63, 3.8) is 0 Å². The maximum Gasteiger partial charge on any atom is 0.243 e. The Kier molecular flexibility index (Phi) is 4.53. The number of rotatable bonds is 5. The van der Waals surface area contributed by atoms with Gasteiger partial charge in [-0.3, -0.25) is 0 Å². The minimum atomic E-state index is -4.36. The Morgan fingerprint density at radius 1 is 0.960 bits per heavy atom. The molecule has 0 saturated heterocycles. The van der Waals surface area contributed by atoms with E-state index >= 15 is 0 Å². The number of fused-ring (bicyclic) bond motifs is 1. The van der Waals surface area contributed by atoms with Gasteiger partial charge in [-0.1, -0.05) is 0 Å². The van der Waals surface area contributed by atoms with Gasteiger partial charge in [0.2, 0.25) is 10.0 Å². The van der Waals surface area contributed by atoms with Gasteiger partial charge in [0.15, 0.2) is 11.6 Å². The predicted molar refractivity (Wildman–Crippen MR) is 83.5 cm³/mol. The van der Waals surface area contributed by atoms with E-state index in [2.05, 4.69) is 9.71 Å². The second-order valence-electron chi connectivity index (χ2n) is 5.35. The Balaban J connectivity index is 1.76. The van der Waals surface area contributed by atoms with Crippen molar-refractivity contribution in [1.29, 1.82) is 0 Å².